The molecule has 1 amide bonds. The van der Waals surface area contributed by atoms with Crippen LogP contribution in [0.2, 0.25) is 0 Å². The number of piperidine rings is 1. The third kappa shape index (κ3) is 4.31. The fraction of sp³-hybridized carbons (Fsp3) is 0.435. The van der Waals surface area contributed by atoms with Gasteiger partial charge in [-0.25, -0.2) is 0 Å². The molecule has 1 aliphatic heterocycles. The Bertz CT molecular complexity index is 1020. The van der Waals surface area contributed by atoms with Crippen LogP contribution in [0.1, 0.15) is 54.9 Å². The van der Waals surface area contributed by atoms with Crippen LogP contribution >= 0.6 is 0 Å². The molecule has 1 aromatic carbocycles. The highest BCUT2D eigenvalue weighted by Crippen LogP contribution is 2.24. The number of likely N-dealkylation sites (tertiary alicyclic amines) is 1. The first kappa shape index (κ1) is 20.3. The highest BCUT2D eigenvalue weighted by molar-refractivity contribution is 6.02. The summed E-state index contributed by atoms with van der Waals surface area (Å²) in [5.41, 5.74) is 4.44. The van der Waals surface area contributed by atoms with Crippen molar-refractivity contribution in [3.05, 3.63) is 53.5 Å². The maximum atomic E-state index is 12.7. The van der Waals surface area contributed by atoms with E-state index in [4.69, 9.17) is 4.52 Å². The molecule has 1 N–H and O–H groups in total. The lowest BCUT2D eigenvalue weighted by Crippen LogP contribution is -2.36. The molecule has 1 fully saturated rings. The molecule has 0 saturated carbocycles. The lowest BCUT2D eigenvalue weighted by molar-refractivity contribution is 0.0988. The molecule has 2 aromatic heterocycles. The number of aromatic nitrogens is 3. The van der Waals surface area contributed by atoms with E-state index in [2.05, 4.69) is 33.5 Å². The molecule has 3 aromatic rings. The summed E-state index contributed by atoms with van der Waals surface area (Å²) in [7, 11) is 0. The highest BCUT2D eigenvalue weighted by atomic mass is 16.5. The minimum atomic E-state index is -0.308. The Labute approximate surface area is 177 Å². The summed E-state index contributed by atoms with van der Waals surface area (Å²) in [5, 5.41) is 11.3. The van der Waals surface area contributed by atoms with Crippen LogP contribution in [0.25, 0.3) is 11.3 Å². The zero-order valence-corrected chi connectivity index (χ0v) is 17.9. The fourth-order valence-corrected chi connectivity index (χ4v) is 4.09. The van der Waals surface area contributed by atoms with Crippen molar-refractivity contribution in [2.24, 2.45) is 0 Å². The van der Waals surface area contributed by atoms with Crippen LogP contribution in [-0.2, 0) is 13.1 Å². The van der Waals surface area contributed by atoms with Gasteiger partial charge in [-0.2, -0.15) is 5.10 Å². The van der Waals surface area contributed by atoms with E-state index in [0.29, 0.717) is 11.7 Å². The minimum Gasteiger partial charge on any atom is -0.350 e. The Kier molecular flexibility index (Phi) is 5.99. The lowest BCUT2D eigenvalue weighted by Gasteiger charge is -2.33. The number of rotatable bonds is 6. The monoisotopic (exact) mass is 407 g/mol. The molecular weight excluding hydrogens is 378 g/mol. The first-order chi connectivity index (χ1) is 14.5. The van der Waals surface area contributed by atoms with Crippen molar-refractivity contribution in [3.8, 4) is 11.3 Å². The molecule has 1 atom stereocenters. The topological polar surface area (TPSA) is 76.2 Å². The van der Waals surface area contributed by atoms with E-state index in [0.717, 1.165) is 36.6 Å². The molecule has 4 rings (SSSR count). The molecule has 0 spiro atoms. The van der Waals surface area contributed by atoms with Gasteiger partial charge in [0.2, 0.25) is 5.76 Å². The van der Waals surface area contributed by atoms with Crippen molar-refractivity contribution in [1.82, 2.24) is 19.8 Å². The van der Waals surface area contributed by atoms with Crippen LogP contribution in [0.3, 0.4) is 0 Å². The van der Waals surface area contributed by atoms with Crippen LogP contribution in [0.5, 0.6) is 0 Å². The zero-order valence-electron chi connectivity index (χ0n) is 17.9. The number of hydrogen-bond acceptors (Lipinski definition) is 5. The van der Waals surface area contributed by atoms with Crippen LogP contribution in [0, 0.1) is 6.92 Å². The first-order valence-electron chi connectivity index (χ1n) is 10.7. The molecule has 1 aliphatic rings. The summed E-state index contributed by atoms with van der Waals surface area (Å²) in [6.45, 7) is 9.12. The molecule has 7 nitrogen and oxygen atoms in total. The number of amides is 1. The van der Waals surface area contributed by atoms with Crippen LogP contribution in [-0.4, -0.2) is 38.3 Å². The fourth-order valence-electron chi connectivity index (χ4n) is 4.09. The van der Waals surface area contributed by atoms with E-state index in [1.165, 1.54) is 24.8 Å². The van der Waals surface area contributed by atoms with E-state index >= 15 is 0 Å². The maximum Gasteiger partial charge on any atom is 0.294 e. The van der Waals surface area contributed by atoms with Gasteiger partial charge >= 0.3 is 0 Å². The van der Waals surface area contributed by atoms with Crippen molar-refractivity contribution < 1.29 is 9.32 Å². The summed E-state index contributed by atoms with van der Waals surface area (Å²) in [5.74, 6) is -0.124. The third-order valence-electron chi connectivity index (χ3n) is 5.92. The molecule has 0 unspecified atom stereocenters. The summed E-state index contributed by atoms with van der Waals surface area (Å²) < 4.78 is 7.20. The normalized spacial score (nSPS) is 17.2. The van der Waals surface area contributed by atoms with Gasteiger partial charge in [0, 0.05) is 42.1 Å². The van der Waals surface area contributed by atoms with Gasteiger partial charge in [0.1, 0.15) is 5.69 Å². The number of anilines is 1. The van der Waals surface area contributed by atoms with E-state index in [9.17, 15) is 4.79 Å². The smallest absolute Gasteiger partial charge is 0.294 e. The molecule has 7 heteroatoms. The Balaban J connectivity index is 1.44. The van der Waals surface area contributed by atoms with Crippen LogP contribution < -0.4 is 5.32 Å². The first-order valence-corrected chi connectivity index (χ1v) is 10.7. The van der Waals surface area contributed by atoms with Gasteiger partial charge < -0.3 is 9.84 Å². The predicted molar refractivity (Wildman–Crippen MR) is 116 cm³/mol. The van der Waals surface area contributed by atoms with Crippen LogP contribution in [0.15, 0.2) is 41.1 Å². The average molecular weight is 408 g/mol. The molecule has 0 aliphatic carbocycles. The standard InChI is InChI=1S/C23H29N5O2/c1-4-28-17(3)20(14-24-28)21-13-22(30-26-21)23(29)25-19-10-7-9-18(12-19)15-27-11-6-5-8-16(27)2/h7,9-10,12-14,16H,4-6,8,11,15H2,1-3H3,(H,25,29)/t16-/m1/s1. The number of aryl methyl sites for hydroxylation is 1. The largest absolute Gasteiger partial charge is 0.350 e. The SMILES string of the molecule is CCn1ncc(-c2cc(C(=O)Nc3cccc(CN4CCCC[C@H]4C)c3)on2)c1C. The van der Waals surface area contributed by atoms with Gasteiger partial charge in [0.15, 0.2) is 0 Å². The maximum absolute atomic E-state index is 12.7. The van der Waals surface area contributed by atoms with Crippen molar-refractivity contribution in [2.75, 3.05) is 11.9 Å². The van der Waals surface area contributed by atoms with Gasteiger partial charge in [-0.3, -0.25) is 14.4 Å². The van der Waals surface area contributed by atoms with Gasteiger partial charge in [0.25, 0.3) is 5.91 Å². The van der Waals surface area contributed by atoms with Crippen molar-refractivity contribution in [3.63, 3.8) is 0 Å². The van der Waals surface area contributed by atoms with Gasteiger partial charge in [-0.1, -0.05) is 23.7 Å². The lowest BCUT2D eigenvalue weighted by atomic mass is 10.0. The second-order valence-electron chi connectivity index (χ2n) is 8.01. The van der Waals surface area contributed by atoms with E-state index in [1.807, 2.05) is 36.7 Å². The average Bonchev–Trinajstić information content (AvgIpc) is 3.36. The molecule has 0 radical (unpaired) electrons. The Hall–Kier alpha value is -2.93. The summed E-state index contributed by atoms with van der Waals surface area (Å²) >= 11 is 0. The molecule has 1 saturated heterocycles. The second-order valence-corrected chi connectivity index (χ2v) is 8.01. The molecule has 30 heavy (non-hydrogen) atoms. The summed E-state index contributed by atoms with van der Waals surface area (Å²) in [6.07, 6.45) is 5.57. The van der Waals surface area contributed by atoms with Crippen molar-refractivity contribution >= 4 is 11.6 Å². The predicted octanol–water partition coefficient (Wildman–Crippen LogP) is 4.49. The Morgan fingerprint density at radius 1 is 1.30 bits per heavy atom. The number of nitrogens with one attached hydrogen (secondary N) is 1. The van der Waals surface area contributed by atoms with Gasteiger partial charge in [-0.05, 0) is 57.9 Å². The molecular formula is C23H29N5O2. The number of carbonyl (C=O) groups excluding carboxylic acids is 1. The Morgan fingerprint density at radius 2 is 2.17 bits per heavy atom. The Morgan fingerprint density at radius 3 is 2.93 bits per heavy atom. The van der Waals surface area contributed by atoms with E-state index in [-0.39, 0.29) is 11.7 Å². The number of carbonyl (C=O) groups is 1. The van der Waals surface area contributed by atoms with Crippen molar-refractivity contribution in [1.29, 1.82) is 0 Å². The zero-order chi connectivity index (χ0) is 21.1. The number of benzene rings is 1. The van der Waals surface area contributed by atoms with Crippen molar-refractivity contribution in [2.45, 2.75) is 59.2 Å². The quantitative estimate of drug-likeness (QED) is 0.651. The van der Waals surface area contributed by atoms with Gasteiger partial charge in [-0.15, -0.1) is 0 Å². The summed E-state index contributed by atoms with van der Waals surface area (Å²) in [6, 6.07) is 10.3. The number of hydrogen-bond donors (Lipinski definition) is 1. The minimum absolute atomic E-state index is 0.184. The number of nitrogens with zero attached hydrogens (tertiary/aromatic N) is 4. The third-order valence-corrected chi connectivity index (χ3v) is 5.92. The van der Waals surface area contributed by atoms with Gasteiger partial charge in [0.05, 0.1) is 6.20 Å². The van der Waals surface area contributed by atoms with E-state index < -0.39 is 0 Å². The molecule has 3 heterocycles. The molecule has 158 valence electrons. The highest BCUT2D eigenvalue weighted by Gasteiger charge is 2.19. The second kappa shape index (κ2) is 8.83. The molecule has 0 bridgehead atoms. The summed E-state index contributed by atoms with van der Waals surface area (Å²) in [4.78, 5) is 15.2. The van der Waals surface area contributed by atoms with Crippen LogP contribution in [0.4, 0.5) is 5.69 Å². The van der Waals surface area contributed by atoms with E-state index in [1.54, 1.807) is 12.3 Å².